The molecular formula is C16H15NO3. The molecule has 0 saturated carbocycles. The van der Waals surface area contributed by atoms with Crippen molar-refractivity contribution in [1.82, 2.24) is 4.98 Å². The average molecular weight is 269 g/mol. The second kappa shape index (κ2) is 6.52. The fourth-order valence-corrected chi connectivity index (χ4v) is 1.75. The van der Waals surface area contributed by atoms with E-state index in [1.54, 1.807) is 57.0 Å². The summed E-state index contributed by atoms with van der Waals surface area (Å²) in [7, 11) is 3.18. The number of ketones is 1. The van der Waals surface area contributed by atoms with Crippen molar-refractivity contribution in [3.8, 4) is 11.5 Å². The Morgan fingerprint density at radius 1 is 1.10 bits per heavy atom. The van der Waals surface area contributed by atoms with Gasteiger partial charge in [-0.05, 0) is 42.5 Å². The van der Waals surface area contributed by atoms with Gasteiger partial charge in [0, 0.05) is 23.5 Å². The lowest BCUT2D eigenvalue weighted by molar-refractivity contribution is 0.104. The van der Waals surface area contributed by atoms with Gasteiger partial charge in [0.25, 0.3) is 0 Å². The Balaban J connectivity index is 2.24. The van der Waals surface area contributed by atoms with Gasteiger partial charge in [0.05, 0.1) is 14.2 Å². The van der Waals surface area contributed by atoms with Gasteiger partial charge in [-0.3, -0.25) is 9.78 Å². The minimum atomic E-state index is -0.0859. The number of allylic oxidation sites excluding steroid dienone is 1. The highest BCUT2D eigenvalue weighted by molar-refractivity contribution is 6.06. The van der Waals surface area contributed by atoms with E-state index in [1.165, 1.54) is 6.08 Å². The summed E-state index contributed by atoms with van der Waals surface area (Å²) in [5, 5.41) is 0. The third-order valence-corrected chi connectivity index (χ3v) is 2.82. The zero-order valence-corrected chi connectivity index (χ0v) is 11.4. The highest BCUT2D eigenvalue weighted by Gasteiger charge is 2.04. The molecule has 0 radical (unpaired) electrons. The van der Waals surface area contributed by atoms with E-state index in [0.29, 0.717) is 17.1 Å². The number of ether oxygens (including phenoxy) is 2. The number of pyridine rings is 1. The van der Waals surface area contributed by atoms with E-state index >= 15 is 0 Å². The predicted molar refractivity (Wildman–Crippen MR) is 77.1 cm³/mol. The zero-order chi connectivity index (χ0) is 14.4. The molecule has 2 aromatic rings. The van der Waals surface area contributed by atoms with Crippen molar-refractivity contribution >= 4 is 11.9 Å². The predicted octanol–water partition coefficient (Wildman–Crippen LogP) is 2.99. The van der Waals surface area contributed by atoms with E-state index in [1.807, 2.05) is 6.07 Å². The van der Waals surface area contributed by atoms with Crippen LogP contribution in [0.4, 0.5) is 0 Å². The van der Waals surface area contributed by atoms with Crippen LogP contribution in [0.3, 0.4) is 0 Å². The summed E-state index contributed by atoms with van der Waals surface area (Å²) in [5.41, 5.74) is 1.38. The monoisotopic (exact) mass is 269 g/mol. The van der Waals surface area contributed by atoms with E-state index < -0.39 is 0 Å². The Labute approximate surface area is 117 Å². The highest BCUT2D eigenvalue weighted by atomic mass is 16.5. The standard InChI is InChI=1S/C16H15NO3/c1-19-14-4-6-16(20-2)13(11-14)3-5-15(18)12-7-9-17-10-8-12/h3-11H,1-2H3. The number of aromatic nitrogens is 1. The van der Waals surface area contributed by atoms with E-state index in [2.05, 4.69) is 4.98 Å². The fraction of sp³-hybridized carbons (Fsp3) is 0.125. The molecule has 0 unspecified atom stereocenters. The zero-order valence-electron chi connectivity index (χ0n) is 11.4. The molecule has 0 amide bonds. The van der Waals surface area contributed by atoms with E-state index in [-0.39, 0.29) is 5.78 Å². The van der Waals surface area contributed by atoms with Gasteiger partial charge in [-0.25, -0.2) is 0 Å². The van der Waals surface area contributed by atoms with Crippen LogP contribution < -0.4 is 9.47 Å². The number of hydrogen-bond acceptors (Lipinski definition) is 4. The maximum atomic E-state index is 12.0. The molecule has 0 aliphatic carbocycles. The topological polar surface area (TPSA) is 48.4 Å². The molecule has 1 aromatic carbocycles. The van der Waals surface area contributed by atoms with Gasteiger partial charge in [-0.15, -0.1) is 0 Å². The number of hydrogen-bond donors (Lipinski definition) is 0. The minimum Gasteiger partial charge on any atom is -0.497 e. The lowest BCUT2D eigenvalue weighted by atomic mass is 10.1. The number of carbonyl (C=O) groups excluding carboxylic acids is 1. The van der Waals surface area contributed by atoms with Crippen LogP contribution >= 0.6 is 0 Å². The molecule has 0 bridgehead atoms. The maximum Gasteiger partial charge on any atom is 0.185 e. The Kier molecular flexibility index (Phi) is 4.50. The molecule has 0 atom stereocenters. The number of nitrogens with zero attached hydrogens (tertiary/aromatic N) is 1. The third-order valence-electron chi connectivity index (χ3n) is 2.82. The second-order valence-corrected chi connectivity index (χ2v) is 4.04. The van der Waals surface area contributed by atoms with Gasteiger partial charge < -0.3 is 9.47 Å². The molecule has 2 rings (SSSR count). The first kappa shape index (κ1) is 13.8. The fourth-order valence-electron chi connectivity index (χ4n) is 1.75. The third kappa shape index (κ3) is 3.23. The van der Waals surface area contributed by atoms with Gasteiger partial charge in [-0.1, -0.05) is 0 Å². The Bertz CT molecular complexity index is 621. The minimum absolute atomic E-state index is 0.0859. The van der Waals surface area contributed by atoms with Gasteiger partial charge in [0.15, 0.2) is 5.78 Å². The number of methoxy groups -OCH3 is 2. The summed E-state index contributed by atoms with van der Waals surface area (Å²) in [6.07, 6.45) is 6.40. The first-order valence-electron chi connectivity index (χ1n) is 6.09. The normalized spacial score (nSPS) is 10.5. The van der Waals surface area contributed by atoms with Crippen LogP contribution in [0.2, 0.25) is 0 Å². The van der Waals surface area contributed by atoms with Crippen LogP contribution in [0.25, 0.3) is 6.08 Å². The highest BCUT2D eigenvalue weighted by Crippen LogP contribution is 2.25. The Morgan fingerprint density at radius 2 is 1.85 bits per heavy atom. The molecule has 0 spiro atoms. The van der Waals surface area contributed by atoms with Gasteiger partial charge in [-0.2, -0.15) is 0 Å². The molecule has 4 heteroatoms. The van der Waals surface area contributed by atoms with Crippen molar-refractivity contribution in [3.63, 3.8) is 0 Å². The molecule has 1 aromatic heterocycles. The van der Waals surface area contributed by atoms with Crippen molar-refractivity contribution in [3.05, 3.63) is 59.9 Å². The number of rotatable bonds is 5. The van der Waals surface area contributed by atoms with Crippen molar-refractivity contribution in [2.24, 2.45) is 0 Å². The van der Waals surface area contributed by atoms with Crippen molar-refractivity contribution in [1.29, 1.82) is 0 Å². The molecule has 0 N–H and O–H groups in total. The van der Waals surface area contributed by atoms with Gasteiger partial charge in [0.1, 0.15) is 11.5 Å². The van der Waals surface area contributed by atoms with E-state index in [4.69, 9.17) is 9.47 Å². The Morgan fingerprint density at radius 3 is 2.50 bits per heavy atom. The van der Waals surface area contributed by atoms with Gasteiger partial charge >= 0.3 is 0 Å². The molecule has 0 saturated heterocycles. The summed E-state index contributed by atoms with van der Waals surface area (Å²) in [4.78, 5) is 15.9. The summed E-state index contributed by atoms with van der Waals surface area (Å²) >= 11 is 0. The maximum absolute atomic E-state index is 12.0. The SMILES string of the molecule is COc1ccc(OC)c(C=CC(=O)c2ccncc2)c1. The van der Waals surface area contributed by atoms with Crippen LogP contribution in [0.1, 0.15) is 15.9 Å². The molecule has 0 aliphatic rings. The first-order chi connectivity index (χ1) is 9.74. The summed E-state index contributed by atoms with van der Waals surface area (Å²) in [6, 6.07) is 8.77. The van der Waals surface area contributed by atoms with Crippen LogP contribution in [0, 0.1) is 0 Å². The number of carbonyl (C=O) groups is 1. The lowest BCUT2D eigenvalue weighted by Crippen LogP contribution is -1.94. The molecule has 1 heterocycles. The van der Waals surface area contributed by atoms with Crippen LogP contribution in [0.5, 0.6) is 11.5 Å². The summed E-state index contributed by atoms with van der Waals surface area (Å²) in [5.74, 6) is 1.31. The molecule has 102 valence electrons. The van der Waals surface area contributed by atoms with Crippen molar-refractivity contribution in [2.45, 2.75) is 0 Å². The van der Waals surface area contributed by atoms with Crippen LogP contribution in [-0.4, -0.2) is 25.0 Å². The smallest absolute Gasteiger partial charge is 0.185 e. The first-order valence-corrected chi connectivity index (χ1v) is 6.09. The molecular weight excluding hydrogens is 254 g/mol. The molecule has 0 fully saturated rings. The average Bonchev–Trinajstić information content (AvgIpc) is 2.53. The van der Waals surface area contributed by atoms with Crippen LogP contribution in [0.15, 0.2) is 48.8 Å². The summed E-state index contributed by atoms with van der Waals surface area (Å²) < 4.78 is 10.4. The van der Waals surface area contributed by atoms with E-state index in [9.17, 15) is 4.79 Å². The van der Waals surface area contributed by atoms with Crippen molar-refractivity contribution in [2.75, 3.05) is 14.2 Å². The Hall–Kier alpha value is -2.62. The number of benzene rings is 1. The molecule has 20 heavy (non-hydrogen) atoms. The molecule has 4 nitrogen and oxygen atoms in total. The van der Waals surface area contributed by atoms with Gasteiger partial charge in [0.2, 0.25) is 0 Å². The second-order valence-electron chi connectivity index (χ2n) is 4.04. The quantitative estimate of drug-likeness (QED) is 0.618. The molecule has 0 aliphatic heterocycles. The summed E-state index contributed by atoms with van der Waals surface area (Å²) in [6.45, 7) is 0. The largest absolute Gasteiger partial charge is 0.497 e. The van der Waals surface area contributed by atoms with Crippen molar-refractivity contribution < 1.29 is 14.3 Å². The van der Waals surface area contributed by atoms with E-state index in [0.717, 1.165) is 5.56 Å². The lowest BCUT2D eigenvalue weighted by Gasteiger charge is -2.07. The van der Waals surface area contributed by atoms with Crippen LogP contribution in [-0.2, 0) is 0 Å².